The Kier molecular flexibility index (Phi) is 13.2. The minimum absolute atomic E-state index is 0.176. The van der Waals surface area contributed by atoms with Crippen molar-refractivity contribution in [3.05, 3.63) is 24.4 Å². The molecule has 6 N–H and O–H groups in total. The summed E-state index contributed by atoms with van der Waals surface area (Å²) in [5.74, 6) is 2.82. The first-order valence-electron chi connectivity index (χ1n) is 21.3. The Morgan fingerprint density at radius 3 is 2.11 bits per heavy atom. The van der Waals surface area contributed by atoms with Gasteiger partial charge < -0.3 is 46.0 Å². The van der Waals surface area contributed by atoms with Crippen molar-refractivity contribution >= 4 is 34.7 Å². The molecule has 0 spiro atoms. The second-order valence-corrected chi connectivity index (χ2v) is 16.0. The van der Waals surface area contributed by atoms with Crippen LogP contribution in [0, 0.1) is 0 Å². The van der Waals surface area contributed by atoms with Gasteiger partial charge in [0.1, 0.15) is 18.0 Å². The zero-order valence-corrected chi connectivity index (χ0v) is 33.2. The Balaban J connectivity index is 0.896. The first kappa shape index (κ1) is 39.5. The van der Waals surface area contributed by atoms with E-state index in [4.69, 9.17) is 24.7 Å². The van der Waals surface area contributed by atoms with Gasteiger partial charge >= 0.3 is 0 Å². The highest BCUT2D eigenvalue weighted by Crippen LogP contribution is 2.39. The molecule has 57 heavy (non-hydrogen) atoms. The Morgan fingerprint density at radius 1 is 0.772 bits per heavy atom. The van der Waals surface area contributed by atoms with Crippen LogP contribution in [0.2, 0.25) is 0 Å². The van der Waals surface area contributed by atoms with Crippen LogP contribution in [-0.4, -0.2) is 146 Å². The third kappa shape index (κ3) is 9.88. The number of imidazole rings is 1. The van der Waals surface area contributed by atoms with Crippen molar-refractivity contribution in [1.29, 1.82) is 0 Å². The largest absolute Gasteiger partial charge is 0.387 e. The van der Waals surface area contributed by atoms with Gasteiger partial charge in [0, 0.05) is 31.4 Å². The maximum atomic E-state index is 11.2. The minimum atomic E-state index is -1.27. The lowest BCUT2D eigenvalue weighted by atomic mass is 9.91. The van der Waals surface area contributed by atoms with Crippen LogP contribution >= 0.6 is 0 Å². The van der Waals surface area contributed by atoms with Crippen molar-refractivity contribution in [2.75, 3.05) is 73.6 Å². The number of hydrogen-bond acceptors (Lipinski definition) is 17. The van der Waals surface area contributed by atoms with Gasteiger partial charge in [-0.15, -0.1) is 10.2 Å². The minimum Gasteiger partial charge on any atom is -0.387 e. The van der Waals surface area contributed by atoms with Gasteiger partial charge in [0.2, 0.25) is 17.7 Å². The standard InChI is InChI=1S/C38H60N16O3/c1-2-54-49-34(48-50-54)32-30(55)31(56)36(57-32)53-25-42-29-33(46-38(47-35(29)53)40-17-4-6-20-52-23-9-10-24-52)44-27-13-11-26(12-14-27)43-28-15-18-41-37(45-28)39-16-3-5-19-51-21-7-8-22-51/h15,18,25-27,30-32,36,55-56H,2-14,16-17,19-24H2,1H3,(H2,39,41,43,45)(H2,40,44,46,47)/t26-,27-,30-,31+,32-,36+/m0/s1. The molecule has 0 unspecified atom stereocenters. The van der Waals surface area contributed by atoms with Gasteiger partial charge in [0.25, 0.3) is 0 Å². The van der Waals surface area contributed by atoms with E-state index in [-0.39, 0.29) is 11.9 Å². The van der Waals surface area contributed by atoms with E-state index in [0.29, 0.717) is 41.5 Å². The number of tetrazole rings is 1. The zero-order valence-electron chi connectivity index (χ0n) is 33.2. The molecule has 0 aromatic carbocycles. The van der Waals surface area contributed by atoms with Crippen molar-refractivity contribution in [3.63, 3.8) is 0 Å². The molecule has 0 radical (unpaired) electrons. The second-order valence-electron chi connectivity index (χ2n) is 16.0. The van der Waals surface area contributed by atoms with Crippen LogP contribution in [0.25, 0.3) is 11.2 Å². The lowest BCUT2D eigenvalue weighted by molar-refractivity contribution is -0.0384. The van der Waals surface area contributed by atoms with Crippen LogP contribution < -0.4 is 21.3 Å². The third-order valence-electron chi connectivity index (χ3n) is 11.8. The summed E-state index contributed by atoms with van der Waals surface area (Å²) in [5.41, 5.74) is 1.06. The number of anilines is 4. The summed E-state index contributed by atoms with van der Waals surface area (Å²) in [4.78, 5) is 30.2. The maximum Gasteiger partial charge on any atom is 0.226 e. The summed E-state index contributed by atoms with van der Waals surface area (Å²) in [6.45, 7) is 11.2. The van der Waals surface area contributed by atoms with Crippen molar-refractivity contribution < 1.29 is 14.9 Å². The summed E-state index contributed by atoms with van der Waals surface area (Å²) in [6.07, 6.45) is 12.3. The van der Waals surface area contributed by atoms with Gasteiger partial charge in [-0.2, -0.15) is 19.7 Å². The number of nitrogens with one attached hydrogen (secondary N) is 4. The highest BCUT2D eigenvalue weighted by molar-refractivity contribution is 5.84. The number of fused-ring (bicyclic) bond motifs is 1. The molecule has 1 saturated carbocycles. The average molecular weight is 789 g/mol. The monoisotopic (exact) mass is 789 g/mol. The van der Waals surface area contributed by atoms with E-state index < -0.39 is 24.5 Å². The maximum absolute atomic E-state index is 11.2. The smallest absolute Gasteiger partial charge is 0.226 e. The number of aliphatic hydroxyl groups excluding tert-OH is 2. The second kappa shape index (κ2) is 19.0. The van der Waals surface area contributed by atoms with Gasteiger partial charge in [-0.05, 0) is 135 Å². The number of ether oxygens (including phenoxy) is 1. The molecule has 4 aromatic rings. The molecule has 3 saturated heterocycles. The molecule has 0 bridgehead atoms. The number of nitrogens with zero attached hydrogens (tertiary/aromatic N) is 12. The van der Waals surface area contributed by atoms with Gasteiger partial charge in [0.05, 0.1) is 12.9 Å². The normalized spacial score (nSPS) is 25.7. The predicted octanol–water partition coefficient (Wildman–Crippen LogP) is 3.03. The van der Waals surface area contributed by atoms with Crippen molar-refractivity contribution in [3.8, 4) is 0 Å². The average Bonchev–Trinajstić information content (AvgIpc) is 4.09. The van der Waals surface area contributed by atoms with Gasteiger partial charge in [-0.25, -0.2) is 9.97 Å². The number of aliphatic hydroxyl groups is 2. The van der Waals surface area contributed by atoms with Crippen LogP contribution in [0.1, 0.15) is 102 Å². The van der Waals surface area contributed by atoms with E-state index in [1.807, 2.05) is 19.2 Å². The van der Waals surface area contributed by atoms with E-state index in [0.717, 1.165) is 70.4 Å². The van der Waals surface area contributed by atoms with Crippen molar-refractivity contribution in [2.24, 2.45) is 0 Å². The van der Waals surface area contributed by atoms with E-state index in [9.17, 15) is 10.2 Å². The van der Waals surface area contributed by atoms with Gasteiger partial charge in [-0.1, -0.05) is 0 Å². The summed E-state index contributed by atoms with van der Waals surface area (Å²) >= 11 is 0. The summed E-state index contributed by atoms with van der Waals surface area (Å²) in [5, 5.41) is 48.8. The lowest BCUT2D eigenvalue weighted by Gasteiger charge is -2.30. The number of rotatable bonds is 19. The molecule has 4 aliphatic rings. The van der Waals surface area contributed by atoms with Gasteiger partial charge in [-0.3, -0.25) is 4.57 Å². The SMILES string of the molecule is CCn1nnc([C@H]2O[C@@H](n3cnc4c(N[C@H]5CC[C@H](Nc6ccnc(NCCCCN7CCCC7)n6)CC5)nc(NCCCCN5CCCC5)nc43)[C@H](O)[C@@H]2O)n1. The van der Waals surface area contributed by atoms with Crippen LogP contribution in [0.3, 0.4) is 0 Å². The number of hydrogen-bond donors (Lipinski definition) is 6. The molecule has 0 amide bonds. The predicted molar refractivity (Wildman–Crippen MR) is 216 cm³/mol. The molecular weight excluding hydrogens is 729 g/mol. The molecule has 3 aliphatic heterocycles. The summed E-state index contributed by atoms with van der Waals surface area (Å²) in [7, 11) is 0. The molecule has 7 heterocycles. The Hall–Kier alpha value is -4.30. The van der Waals surface area contributed by atoms with Crippen LogP contribution in [-0.2, 0) is 11.3 Å². The number of aromatic nitrogens is 10. The fraction of sp³-hybridized carbons (Fsp3) is 0.737. The van der Waals surface area contributed by atoms with E-state index >= 15 is 0 Å². The molecule has 4 atom stereocenters. The van der Waals surface area contributed by atoms with Gasteiger partial charge in [0.15, 0.2) is 29.3 Å². The van der Waals surface area contributed by atoms with Crippen LogP contribution in [0.4, 0.5) is 23.5 Å². The highest BCUT2D eigenvalue weighted by atomic mass is 16.6. The molecule has 310 valence electrons. The topological polar surface area (TPSA) is 217 Å². The molecule has 19 nitrogen and oxygen atoms in total. The molecular formula is C38H60N16O3. The highest BCUT2D eigenvalue weighted by Gasteiger charge is 2.47. The lowest BCUT2D eigenvalue weighted by Crippen LogP contribution is -2.33. The van der Waals surface area contributed by atoms with Crippen molar-refractivity contribution in [1.82, 2.24) is 59.5 Å². The Bertz CT molecular complexity index is 1850. The number of likely N-dealkylation sites (tertiary alicyclic amines) is 2. The summed E-state index contributed by atoms with van der Waals surface area (Å²) in [6, 6.07) is 2.41. The first-order chi connectivity index (χ1) is 28.0. The summed E-state index contributed by atoms with van der Waals surface area (Å²) < 4.78 is 7.87. The van der Waals surface area contributed by atoms with E-state index in [2.05, 4.69) is 51.5 Å². The fourth-order valence-corrected chi connectivity index (χ4v) is 8.53. The Morgan fingerprint density at radius 2 is 1.44 bits per heavy atom. The Labute approximate surface area is 333 Å². The zero-order chi connectivity index (χ0) is 39.0. The van der Waals surface area contributed by atoms with E-state index in [1.165, 1.54) is 69.6 Å². The first-order valence-corrected chi connectivity index (χ1v) is 21.3. The molecule has 19 heteroatoms. The van der Waals surface area contributed by atoms with E-state index in [1.54, 1.807) is 10.9 Å². The number of aryl methyl sites for hydroxylation is 1. The van der Waals surface area contributed by atoms with Crippen LogP contribution in [0.15, 0.2) is 18.6 Å². The molecule has 4 aromatic heterocycles. The molecule has 8 rings (SSSR count). The molecule has 1 aliphatic carbocycles. The van der Waals surface area contributed by atoms with Crippen LogP contribution in [0.5, 0.6) is 0 Å². The molecule has 4 fully saturated rings. The van der Waals surface area contributed by atoms with Crippen molar-refractivity contribution in [2.45, 2.75) is 127 Å². The quantitative estimate of drug-likeness (QED) is 0.0753. The third-order valence-corrected chi connectivity index (χ3v) is 11.8. The number of unbranched alkanes of at least 4 members (excludes halogenated alkanes) is 2. The fourth-order valence-electron chi connectivity index (χ4n) is 8.53.